The quantitative estimate of drug-likeness (QED) is 0.278. The Labute approximate surface area is 115 Å². The summed E-state index contributed by atoms with van der Waals surface area (Å²) in [7, 11) is 0. The molecule has 0 unspecified atom stereocenters. The summed E-state index contributed by atoms with van der Waals surface area (Å²) in [5.74, 6) is -0.920. The number of oxime groups is 1. The van der Waals surface area contributed by atoms with Gasteiger partial charge in [-0.1, -0.05) is 11.6 Å². The lowest BCUT2D eigenvalue weighted by Crippen LogP contribution is -2.51. The van der Waals surface area contributed by atoms with Crippen LogP contribution >= 0.6 is 0 Å². The SMILES string of the molecule is NC(=O)c1ccc(NC(=O)C2(/C(N)=N/O)CCC2)cc1. The van der Waals surface area contributed by atoms with E-state index in [1.54, 1.807) is 12.1 Å². The Morgan fingerprint density at radius 1 is 1.20 bits per heavy atom. The Bertz CT molecular complexity index is 561. The molecule has 0 aliphatic heterocycles. The Morgan fingerprint density at radius 3 is 2.20 bits per heavy atom. The first-order valence-corrected chi connectivity index (χ1v) is 6.19. The van der Waals surface area contributed by atoms with E-state index in [1.165, 1.54) is 12.1 Å². The van der Waals surface area contributed by atoms with E-state index in [0.717, 1.165) is 6.42 Å². The molecule has 6 N–H and O–H groups in total. The lowest BCUT2D eigenvalue weighted by molar-refractivity contribution is -0.125. The van der Waals surface area contributed by atoms with Gasteiger partial charge in [0.1, 0.15) is 5.41 Å². The zero-order valence-electron chi connectivity index (χ0n) is 10.8. The summed E-state index contributed by atoms with van der Waals surface area (Å²) in [6, 6.07) is 6.21. The highest BCUT2D eigenvalue weighted by Gasteiger charge is 2.48. The van der Waals surface area contributed by atoms with Gasteiger partial charge < -0.3 is 22.0 Å². The van der Waals surface area contributed by atoms with Gasteiger partial charge in [0.15, 0.2) is 5.84 Å². The molecule has 20 heavy (non-hydrogen) atoms. The molecule has 0 radical (unpaired) electrons. The van der Waals surface area contributed by atoms with Crippen molar-refractivity contribution in [1.29, 1.82) is 0 Å². The van der Waals surface area contributed by atoms with Crippen molar-refractivity contribution in [2.45, 2.75) is 19.3 Å². The van der Waals surface area contributed by atoms with E-state index in [1.807, 2.05) is 0 Å². The number of hydrogen-bond donors (Lipinski definition) is 4. The summed E-state index contributed by atoms with van der Waals surface area (Å²) in [6.45, 7) is 0. The van der Waals surface area contributed by atoms with Crippen LogP contribution in [0, 0.1) is 5.41 Å². The van der Waals surface area contributed by atoms with Crippen molar-refractivity contribution in [3.05, 3.63) is 29.8 Å². The largest absolute Gasteiger partial charge is 0.409 e. The monoisotopic (exact) mass is 276 g/mol. The molecule has 1 aliphatic rings. The first kappa shape index (κ1) is 13.9. The van der Waals surface area contributed by atoms with Gasteiger partial charge in [0, 0.05) is 11.3 Å². The minimum Gasteiger partial charge on any atom is -0.409 e. The molecule has 2 amide bonds. The topological polar surface area (TPSA) is 131 Å². The number of nitrogens with two attached hydrogens (primary N) is 2. The average molecular weight is 276 g/mol. The van der Waals surface area contributed by atoms with Crippen LogP contribution in [0.5, 0.6) is 0 Å². The number of nitrogens with zero attached hydrogens (tertiary/aromatic N) is 1. The van der Waals surface area contributed by atoms with E-state index in [4.69, 9.17) is 16.7 Å². The van der Waals surface area contributed by atoms with Crippen LogP contribution in [-0.2, 0) is 4.79 Å². The second kappa shape index (κ2) is 5.20. The number of rotatable bonds is 4. The van der Waals surface area contributed by atoms with Crippen molar-refractivity contribution in [2.75, 3.05) is 5.32 Å². The lowest BCUT2D eigenvalue weighted by Gasteiger charge is -2.38. The molecule has 1 aromatic carbocycles. The molecule has 7 nitrogen and oxygen atoms in total. The van der Waals surface area contributed by atoms with Crippen molar-refractivity contribution in [1.82, 2.24) is 0 Å². The predicted octanol–water partition coefficient (Wildman–Crippen LogP) is 0.641. The number of nitrogens with one attached hydrogen (secondary N) is 1. The number of amidine groups is 1. The van der Waals surface area contributed by atoms with E-state index < -0.39 is 11.3 Å². The van der Waals surface area contributed by atoms with Gasteiger partial charge >= 0.3 is 0 Å². The number of hydrogen-bond acceptors (Lipinski definition) is 4. The van der Waals surface area contributed by atoms with E-state index in [2.05, 4.69) is 10.5 Å². The van der Waals surface area contributed by atoms with Crippen LogP contribution in [0.15, 0.2) is 29.4 Å². The number of amides is 2. The number of benzene rings is 1. The molecule has 1 saturated carbocycles. The summed E-state index contributed by atoms with van der Waals surface area (Å²) in [5, 5.41) is 14.4. The van der Waals surface area contributed by atoms with Gasteiger partial charge in [-0.2, -0.15) is 0 Å². The summed E-state index contributed by atoms with van der Waals surface area (Å²) in [5.41, 5.74) is 10.7. The molecule has 0 atom stereocenters. The third-order valence-electron chi connectivity index (χ3n) is 3.67. The lowest BCUT2D eigenvalue weighted by atomic mass is 9.67. The molecule has 2 rings (SSSR count). The van der Waals surface area contributed by atoms with Gasteiger partial charge in [-0.3, -0.25) is 9.59 Å². The summed E-state index contributed by atoms with van der Waals surface area (Å²) in [4.78, 5) is 23.2. The van der Waals surface area contributed by atoms with Crippen LogP contribution in [0.1, 0.15) is 29.6 Å². The van der Waals surface area contributed by atoms with Crippen LogP contribution < -0.4 is 16.8 Å². The molecule has 106 valence electrons. The number of carbonyl (C=O) groups is 2. The van der Waals surface area contributed by atoms with Crippen LogP contribution in [0.3, 0.4) is 0 Å². The molecule has 1 fully saturated rings. The fourth-order valence-electron chi connectivity index (χ4n) is 2.19. The molecule has 1 aliphatic carbocycles. The minimum atomic E-state index is -0.933. The van der Waals surface area contributed by atoms with Gasteiger partial charge in [-0.05, 0) is 37.1 Å². The van der Waals surface area contributed by atoms with Crippen LogP contribution in [0.4, 0.5) is 5.69 Å². The first-order chi connectivity index (χ1) is 9.49. The van der Waals surface area contributed by atoms with Crippen molar-refractivity contribution >= 4 is 23.3 Å². The zero-order valence-corrected chi connectivity index (χ0v) is 10.8. The minimum absolute atomic E-state index is 0.0741. The van der Waals surface area contributed by atoms with E-state index >= 15 is 0 Å². The maximum Gasteiger partial charge on any atom is 0.248 e. The van der Waals surface area contributed by atoms with Crippen molar-refractivity contribution in [3.63, 3.8) is 0 Å². The second-order valence-electron chi connectivity index (χ2n) is 4.82. The van der Waals surface area contributed by atoms with Crippen LogP contribution in [0.2, 0.25) is 0 Å². The molecule has 0 heterocycles. The normalized spacial score (nSPS) is 17.1. The number of carbonyl (C=O) groups excluding carboxylic acids is 2. The van der Waals surface area contributed by atoms with Crippen molar-refractivity contribution < 1.29 is 14.8 Å². The van der Waals surface area contributed by atoms with Gasteiger partial charge in [-0.25, -0.2) is 0 Å². The molecule has 0 aromatic heterocycles. The fraction of sp³-hybridized carbons (Fsp3) is 0.308. The van der Waals surface area contributed by atoms with Gasteiger partial charge in [0.25, 0.3) is 0 Å². The molecule has 1 aromatic rings. The number of anilines is 1. The molecular weight excluding hydrogens is 260 g/mol. The van der Waals surface area contributed by atoms with E-state index in [9.17, 15) is 9.59 Å². The first-order valence-electron chi connectivity index (χ1n) is 6.19. The Hall–Kier alpha value is -2.57. The Balaban J connectivity index is 2.13. The average Bonchev–Trinajstić information content (AvgIpc) is 2.37. The fourth-order valence-corrected chi connectivity index (χ4v) is 2.19. The van der Waals surface area contributed by atoms with E-state index in [-0.39, 0.29) is 11.7 Å². The standard InChI is InChI=1S/C13H16N4O3/c14-10(18)8-2-4-9(5-3-8)16-12(19)13(6-1-7-13)11(15)17-20/h2-5,20H,1,6-7H2,(H2,14,18)(H2,15,17)(H,16,19). The maximum absolute atomic E-state index is 12.3. The van der Waals surface area contributed by atoms with Gasteiger partial charge in [-0.15, -0.1) is 0 Å². The van der Waals surface area contributed by atoms with Crippen LogP contribution in [0.25, 0.3) is 0 Å². The summed E-state index contributed by atoms with van der Waals surface area (Å²) in [6.07, 6.45) is 1.95. The second-order valence-corrected chi connectivity index (χ2v) is 4.82. The third kappa shape index (κ3) is 2.29. The highest BCUT2D eigenvalue weighted by atomic mass is 16.4. The number of primary amides is 1. The van der Waals surface area contributed by atoms with Crippen molar-refractivity contribution in [2.24, 2.45) is 22.0 Å². The molecule has 0 bridgehead atoms. The Morgan fingerprint density at radius 2 is 1.80 bits per heavy atom. The van der Waals surface area contributed by atoms with Gasteiger partial charge in [0.2, 0.25) is 11.8 Å². The van der Waals surface area contributed by atoms with Crippen LogP contribution in [-0.4, -0.2) is 22.9 Å². The third-order valence-corrected chi connectivity index (χ3v) is 3.67. The zero-order chi connectivity index (χ0) is 14.8. The Kier molecular flexibility index (Phi) is 3.60. The molecule has 0 spiro atoms. The van der Waals surface area contributed by atoms with Gasteiger partial charge in [0.05, 0.1) is 0 Å². The maximum atomic E-state index is 12.3. The summed E-state index contributed by atoms with van der Waals surface area (Å²) >= 11 is 0. The highest BCUT2D eigenvalue weighted by molar-refractivity contribution is 6.12. The van der Waals surface area contributed by atoms with Crippen molar-refractivity contribution in [3.8, 4) is 0 Å². The smallest absolute Gasteiger partial charge is 0.248 e. The van der Waals surface area contributed by atoms with E-state index in [0.29, 0.717) is 24.1 Å². The molecule has 7 heteroatoms. The predicted molar refractivity (Wildman–Crippen MR) is 73.3 cm³/mol. The summed E-state index contributed by atoms with van der Waals surface area (Å²) < 4.78 is 0. The highest BCUT2D eigenvalue weighted by Crippen LogP contribution is 2.42. The molecular formula is C13H16N4O3. The molecule has 0 saturated heterocycles.